The van der Waals surface area contributed by atoms with E-state index in [4.69, 9.17) is 4.42 Å². The Morgan fingerprint density at radius 1 is 1.20 bits per heavy atom. The number of furan rings is 1. The van der Waals surface area contributed by atoms with Gasteiger partial charge in [-0.1, -0.05) is 17.8 Å². The third-order valence-corrected chi connectivity index (χ3v) is 6.39. The van der Waals surface area contributed by atoms with Crippen molar-refractivity contribution in [3.05, 3.63) is 74.8 Å². The van der Waals surface area contributed by atoms with Crippen LogP contribution in [0.4, 0.5) is 5.69 Å². The molecule has 0 aliphatic rings. The average molecular weight is 440 g/mol. The van der Waals surface area contributed by atoms with Crippen molar-refractivity contribution in [3.63, 3.8) is 0 Å². The van der Waals surface area contributed by atoms with E-state index in [1.54, 1.807) is 16.9 Å². The Hall–Kier alpha value is -2.84. The number of hydrogen-bond acceptors (Lipinski definition) is 6. The summed E-state index contributed by atoms with van der Waals surface area (Å²) < 4.78 is 6.99. The van der Waals surface area contributed by atoms with Crippen LogP contribution in [0.5, 0.6) is 0 Å². The van der Waals surface area contributed by atoms with E-state index in [1.807, 2.05) is 45.0 Å². The maximum Gasteiger partial charge on any atom is 0.263 e. The number of anilines is 1. The van der Waals surface area contributed by atoms with Crippen molar-refractivity contribution in [1.82, 2.24) is 9.55 Å². The van der Waals surface area contributed by atoms with Crippen LogP contribution in [0.3, 0.4) is 0 Å². The Morgan fingerprint density at radius 3 is 2.67 bits per heavy atom. The van der Waals surface area contributed by atoms with E-state index in [9.17, 15) is 9.59 Å². The number of carbonyl (C=O) groups excluding carboxylic acids is 1. The molecule has 0 bridgehead atoms. The minimum Gasteiger partial charge on any atom is -0.467 e. The normalized spacial score (nSPS) is 11.2. The molecule has 0 fully saturated rings. The molecule has 8 heteroatoms. The molecule has 0 saturated heterocycles. The third-order valence-electron chi connectivity index (χ3n) is 4.47. The number of carbonyl (C=O) groups is 1. The van der Waals surface area contributed by atoms with Gasteiger partial charge in [0.15, 0.2) is 5.16 Å². The first kappa shape index (κ1) is 20.4. The molecule has 0 saturated carbocycles. The Balaban J connectivity index is 1.59. The molecule has 3 heterocycles. The number of aromatic nitrogens is 2. The summed E-state index contributed by atoms with van der Waals surface area (Å²) in [6.07, 6.45) is 1.57. The van der Waals surface area contributed by atoms with Gasteiger partial charge in [0.25, 0.3) is 5.56 Å². The summed E-state index contributed by atoms with van der Waals surface area (Å²) in [6, 6.07) is 11.4. The zero-order chi connectivity index (χ0) is 21.3. The molecule has 3 aromatic heterocycles. The molecule has 0 aliphatic carbocycles. The fourth-order valence-electron chi connectivity index (χ4n) is 3.30. The predicted molar refractivity (Wildman–Crippen MR) is 122 cm³/mol. The number of amides is 1. The van der Waals surface area contributed by atoms with Crippen molar-refractivity contribution >= 4 is 44.9 Å². The summed E-state index contributed by atoms with van der Waals surface area (Å²) in [5.74, 6) is 0.658. The van der Waals surface area contributed by atoms with Crippen molar-refractivity contribution in [2.24, 2.45) is 0 Å². The van der Waals surface area contributed by atoms with E-state index in [0.29, 0.717) is 21.1 Å². The number of nitrogens with zero attached hydrogens (tertiary/aromatic N) is 2. The molecule has 4 aromatic rings. The van der Waals surface area contributed by atoms with Crippen LogP contribution in [0.1, 0.15) is 21.8 Å². The molecule has 0 unspecified atom stereocenters. The van der Waals surface area contributed by atoms with Gasteiger partial charge in [-0.3, -0.25) is 14.2 Å². The molecule has 30 heavy (non-hydrogen) atoms. The highest BCUT2D eigenvalue weighted by atomic mass is 32.2. The Labute approximate surface area is 181 Å². The maximum absolute atomic E-state index is 13.1. The molecule has 1 N–H and O–H groups in total. The number of benzene rings is 1. The van der Waals surface area contributed by atoms with Crippen LogP contribution < -0.4 is 10.9 Å². The van der Waals surface area contributed by atoms with Crippen molar-refractivity contribution in [2.45, 2.75) is 32.5 Å². The standard InChI is InChI=1S/C22H21N3O3S2/c1-13-7-14(2)9-16(8-13)23-19(26)12-29-22-24-20-18(10-15(3)30-20)21(27)25(22)11-17-5-4-6-28-17/h4-10H,11-12H2,1-3H3,(H,23,26). The number of aryl methyl sites for hydroxylation is 3. The summed E-state index contributed by atoms with van der Waals surface area (Å²) >= 11 is 2.72. The summed E-state index contributed by atoms with van der Waals surface area (Å²) in [4.78, 5) is 32.0. The molecule has 154 valence electrons. The SMILES string of the molecule is Cc1cc(C)cc(NC(=O)CSc2nc3sc(C)cc3c(=O)n2Cc2ccco2)c1. The van der Waals surface area contributed by atoms with Gasteiger partial charge in [-0.15, -0.1) is 11.3 Å². The molecule has 4 rings (SSSR count). The molecule has 0 aliphatic heterocycles. The Morgan fingerprint density at radius 2 is 1.97 bits per heavy atom. The fraction of sp³-hybridized carbons (Fsp3) is 0.227. The van der Waals surface area contributed by atoms with Crippen molar-refractivity contribution in [3.8, 4) is 0 Å². The smallest absolute Gasteiger partial charge is 0.263 e. The van der Waals surface area contributed by atoms with E-state index < -0.39 is 0 Å². The van der Waals surface area contributed by atoms with Gasteiger partial charge >= 0.3 is 0 Å². The highest BCUT2D eigenvalue weighted by Gasteiger charge is 2.16. The maximum atomic E-state index is 13.1. The fourth-order valence-corrected chi connectivity index (χ4v) is 5.02. The molecular weight excluding hydrogens is 418 g/mol. The number of fused-ring (bicyclic) bond motifs is 1. The van der Waals surface area contributed by atoms with Crippen LogP contribution in [0.15, 0.2) is 57.0 Å². The van der Waals surface area contributed by atoms with E-state index in [0.717, 1.165) is 21.7 Å². The van der Waals surface area contributed by atoms with E-state index in [-0.39, 0.29) is 23.8 Å². The number of nitrogens with one attached hydrogen (secondary N) is 1. The second-order valence-corrected chi connectivity index (χ2v) is 9.33. The van der Waals surface area contributed by atoms with Gasteiger partial charge < -0.3 is 9.73 Å². The minimum absolute atomic E-state index is 0.127. The molecule has 6 nitrogen and oxygen atoms in total. The minimum atomic E-state index is -0.147. The third kappa shape index (κ3) is 4.49. The molecule has 0 radical (unpaired) electrons. The summed E-state index contributed by atoms with van der Waals surface area (Å²) in [5.41, 5.74) is 2.82. The van der Waals surface area contributed by atoms with Gasteiger partial charge in [0.05, 0.1) is 23.9 Å². The Bertz CT molecular complexity index is 1250. The second-order valence-electron chi connectivity index (χ2n) is 7.15. The Kier molecular flexibility index (Phi) is 5.78. The van der Waals surface area contributed by atoms with Gasteiger partial charge in [0, 0.05) is 10.6 Å². The van der Waals surface area contributed by atoms with Crippen molar-refractivity contribution < 1.29 is 9.21 Å². The topological polar surface area (TPSA) is 77.1 Å². The number of rotatable bonds is 6. The largest absolute Gasteiger partial charge is 0.467 e. The lowest BCUT2D eigenvalue weighted by Gasteiger charge is -2.11. The summed E-state index contributed by atoms with van der Waals surface area (Å²) in [5, 5.41) is 4.02. The lowest BCUT2D eigenvalue weighted by atomic mass is 10.1. The lowest BCUT2D eigenvalue weighted by molar-refractivity contribution is -0.113. The van der Waals surface area contributed by atoms with Crippen molar-refractivity contribution in [2.75, 3.05) is 11.1 Å². The number of thioether (sulfide) groups is 1. The monoisotopic (exact) mass is 439 g/mol. The molecule has 0 atom stereocenters. The summed E-state index contributed by atoms with van der Waals surface area (Å²) in [7, 11) is 0. The van der Waals surface area contributed by atoms with Gasteiger partial charge in [-0.05, 0) is 62.2 Å². The first-order valence-electron chi connectivity index (χ1n) is 9.43. The molecule has 1 aromatic carbocycles. The van der Waals surface area contributed by atoms with Gasteiger partial charge in [-0.2, -0.15) is 0 Å². The molecular formula is C22H21N3O3S2. The van der Waals surface area contributed by atoms with Crippen LogP contribution in [-0.4, -0.2) is 21.2 Å². The second kappa shape index (κ2) is 8.49. The van der Waals surface area contributed by atoms with E-state index in [1.165, 1.54) is 23.1 Å². The molecule has 1 amide bonds. The first-order chi connectivity index (χ1) is 14.4. The highest BCUT2D eigenvalue weighted by Crippen LogP contribution is 2.25. The summed E-state index contributed by atoms with van der Waals surface area (Å²) in [6.45, 7) is 6.21. The van der Waals surface area contributed by atoms with Crippen LogP contribution in [-0.2, 0) is 11.3 Å². The van der Waals surface area contributed by atoms with Crippen LogP contribution in [0.2, 0.25) is 0 Å². The number of thiophene rings is 1. The van der Waals surface area contributed by atoms with Crippen molar-refractivity contribution in [1.29, 1.82) is 0 Å². The van der Waals surface area contributed by atoms with E-state index in [2.05, 4.69) is 16.4 Å². The van der Waals surface area contributed by atoms with Crippen LogP contribution in [0, 0.1) is 20.8 Å². The quantitative estimate of drug-likeness (QED) is 0.346. The first-order valence-corrected chi connectivity index (χ1v) is 11.2. The van der Waals surface area contributed by atoms with Gasteiger partial charge in [0.1, 0.15) is 10.6 Å². The van der Waals surface area contributed by atoms with E-state index >= 15 is 0 Å². The van der Waals surface area contributed by atoms with Gasteiger partial charge in [-0.25, -0.2) is 4.98 Å². The van der Waals surface area contributed by atoms with Crippen LogP contribution in [0.25, 0.3) is 10.2 Å². The van der Waals surface area contributed by atoms with Gasteiger partial charge in [0.2, 0.25) is 5.91 Å². The average Bonchev–Trinajstić information content (AvgIpc) is 3.31. The highest BCUT2D eigenvalue weighted by molar-refractivity contribution is 7.99. The molecule has 0 spiro atoms. The number of hydrogen-bond donors (Lipinski definition) is 1. The lowest BCUT2D eigenvalue weighted by Crippen LogP contribution is -2.24. The predicted octanol–water partition coefficient (Wildman–Crippen LogP) is 4.76. The van der Waals surface area contributed by atoms with Crippen LogP contribution >= 0.6 is 23.1 Å². The zero-order valence-corrected chi connectivity index (χ0v) is 18.5. The zero-order valence-electron chi connectivity index (χ0n) is 16.9.